The molecule has 21 heavy (non-hydrogen) atoms. The van der Waals surface area contributed by atoms with Crippen LogP contribution in [0.1, 0.15) is 32.6 Å². The second-order valence-electron chi connectivity index (χ2n) is 5.41. The molecule has 0 aliphatic rings. The van der Waals surface area contributed by atoms with Crippen molar-refractivity contribution in [1.29, 1.82) is 0 Å². The number of rotatable bonds is 7. The van der Waals surface area contributed by atoms with E-state index in [2.05, 4.69) is 11.9 Å². The first-order valence-corrected chi connectivity index (χ1v) is 6.63. The number of carbonyl (C=O) groups excluding carboxylic acids is 1. The quantitative estimate of drug-likeness (QED) is 0.619. The average molecular weight is 297 g/mol. The zero-order chi connectivity index (χ0) is 15.9. The molecule has 1 aromatic heterocycles. The summed E-state index contributed by atoms with van der Waals surface area (Å²) in [4.78, 5) is 12.0. The molecule has 0 saturated carbocycles. The summed E-state index contributed by atoms with van der Waals surface area (Å²) < 4.78 is 21.0. The lowest BCUT2D eigenvalue weighted by Gasteiger charge is -2.26. The van der Waals surface area contributed by atoms with Crippen molar-refractivity contribution >= 4 is 6.09 Å². The molecular weight excluding hydrogens is 274 g/mol. The number of amides is 1. The van der Waals surface area contributed by atoms with Crippen LogP contribution >= 0.6 is 0 Å². The Hall–Kier alpha value is -1.79. The van der Waals surface area contributed by atoms with Crippen molar-refractivity contribution in [2.45, 2.75) is 38.5 Å². The Morgan fingerprint density at radius 2 is 2.24 bits per heavy atom. The third kappa shape index (κ3) is 6.01. The highest BCUT2D eigenvalue weighted by Gasteiger charge is 2.28. The van der Waals surface area contributed by atoms with Gasteiger partial charge in [0, 0.05) is 7.11 Å². The Morgan fingerprint density at radius 3 is 2.71 bits per heavy atom. The molecule has 1 heterocycles. The van der Waals surface area contributed by atoms with Gasteiger partial charge in [-0.05, 0) is 32.9 Å². The van der Waals surface area contributed by atoms with Crippen LogP contribution < -0.4 is 5.32 Å². The van der Waals surface area contributed by atoms with Crippen molar-refractivity contribution in [3.63, 3.8) is 0 Å². The molecule has 0 unspecified atom stereocenters. The highest BCUT2D eigenvalue weighted by atomic mass is 16.7. The minimum Gasteiger partial charge on any atom is -0.467 e. The topological polar surface area (TPSA) is 69.9 Å². The summed E-state index contributed by atoms with van der Waals surface area (Å²) >= 11 is 0. The van der Waals surface area contributed by atoms with Gasteiger partial charge in [0.05, 0.1) is 6.26 Å². The molecule has 0 saturated heterocycles. The second-order valence-corrected chi connectivity index (χ2v) is 5.41. The van der Waals surface area contributed by atoms with Crippen molar-refractivity contribution < 1.29 is 23.4 Å². The Bertz CT molecular complexity index is 435. The first-order chi connectivity index (χ1) is 9.87. The van der Waals surface area contributed by atoms with Gasteiger partial charge < -0.3 is 23.9 Å². The number of carbonyl (C=O) groups is 1. The smallest absolute Gasteiger partial charge is 0.408 e. The Balaban J connectivity index is 2.82. The maximum absolute atomic E-state index is 12.0. The van der Waals surface area contributed by atoms with E-state index in [4.69, 9.17) is 18.6 Å². The molecular formula is C15H23NO5. The number of furan rings is 1. The van der Waals surface area contributed by atoms with Crippen LogP contribution in [0.15, 0.2) is 35.5 Å². The summed E-state index contributed by atoms with van der Waals surface area (Å²) in [6.45, 7) is 9.16. The van der Waals surface area contributed by atoms with Crippen molar-refractivity contribution in [1.82, 2.24) is 5.32 Å². The average Bonchev–Trinajstić information content (AvgIpc) is 2.89. The molecule has 0 bridgehead atoms. The van der Waals surface area contributed by atoms with Crippen LogP contribution in [0.3, 0.4) is 0 Å². The summed E-state index contributed by atoms with van der Waals surface area (Å²) in [5.41, 5.74) is -0.588. The van der Waals surface area contributed by atoms with Gasteiger partial charge in [-0.3, -0.25) is 0 Å². The van der Waals surface area contributed by atoms with Crippen molar-refractivity contribution in [2.75, 3.05) is 13.9 Å². The van der Waals surface area contributed by atoms with Crippen LogP contribution in [-0.4, -0.2) is 31.7 Å². The van der Waals surface area contributed by atoms with E-state index < -0.39 is 23.8 Å². The molecule has 1 rings (SSSR count). The summed E-state index contributed by atoms with van der Waals surface area (Å²) in [6.07, 6.45) is 2.03. The van der Waals surface area contributed by atoms with E-state index in [1.54, 1.807) is 39.0 Å². The Labute approximate surface area is 125 Å². The highest BCUT2D eigenvalue weighted by Crippen LogP contribution is 2.22. The van der Waals surface area contributed by atoms with Crippen molar-refractivity contribution in [3.05, 3.63) is 36.8 Å². The third-order valence-corrected chi connectivity index (χ3v) is 2.46. The van der Waals surface area contributed by atoms with Crippen LogP contribution in [0.4, 0.5) is 4.79 Å². The molecule has 1 N–H and O–H groups in total. The lowest BCUT2D eigenvalue weighted by Crippen LogP contribution is -2.40. The monoisotopic (exact) mass is 297 g/mol. The fraction of sp³-hybridized carbons (Fsp3) is 0.533. The zero-order valence-electron chi connectivity index (χ0n) is 12.9. The first kappa shape index (κ1) is 17.3. The second kappa shape index (κ2) is 7.85. The summed E-state index contributed by atoms with van der Waals surface area (Å²) in [6, 6.07) is 2.92. The molecule has 6 nitrogen and oxygen atoms in total. The van der Waals surface area contributed by atoms with Gasteiger partial charge in [0.1, 0.15) is 30.3 Å². The number of hydrogen-bond acceptors (Lipinski definition) is 5. The lowest BCUT2D eigenvalue weighted by molar-refractivity contribution is -0.0688. The molecule has 0 aliphatic heterocycles. The number of hydrogen-bond donors (Lipinski definition) is 1. The standard InChI is InChI=1S/C15H23NO5/c1-6-11(20-10-18-5)13(12-8-7-9-19-12)16-14(17)21-15(2,3)4/h6-9,11,13H,1,10H2,2-5H3,(H,16,17)/t11-,13+/m0/s1. The van der Waals surface area contributed by atoms with Crippen LogP contribution in [0.25, 0.3) is 0 Å². The molecule has 0 fully saturated rings. The molecule has 2 atom stereocenters. The summed E-state index contributed by atoms with van der Waals surface area (Å²) in [7, 11) is 1.52. The lowest BCUT2D eigenvalue weighted by atomic mass is 10.1. The fourth-order valence-electron chi connectivity index (χ4n) is 1.66. The predicted molar refractivity (Wildman–Crippen MR) is 77.8 cm³/mol. The molecule has 1 amide bonds. The van der Waals surface area contributed by atoms with Crippen molar-refractivity contribution in [3.8, 4) is 0 Å². The highest BCUT2D eigenvalue weighted by molar-refractivity contribution is 5.68. The minimum atomic E-state index is -0.588. The fourth-order valence-corrected chi connectivity index (χ4v) is 1.66. The van der Waals surface area contributed by atoms with E-state index in [1.165, 1.54) is 13.4 Å². The summed E-state index contributed by atoms with van der Waals surface area (Å²) in [5.74, 6) is 0.543. The van der Waals surface area contributed by atoms with Gasteiger partial charge in [-0.1, -0.05) is 6.08 Å². The molecule has 6 heteroatoms. The molecule has 0 radical (unpaired) electrons. The maximum Gasteiger partial charge on any atom is 0.408 e. The van der Waals surface area contributed by atoms with E-state index in [1.807, 2.05) is 0 Å². The molecule has 0 aromatic carbocycles. The Kier molecular flexibility index (Phi) is 6.45. The first-order valence-electron chi connectivity index (χ1n) is 6.63. The number of nitrogens with one attached hydrogen (secondary N) is 1. The van der Waals surface area contributed by atoms with E-state index >= 15 is 0 Å². The van der Waals surface area contributed by atoms with E-state index in [0.29, 0.717) is 5.76 Å². The summed E-state index contributed by atoms with van der Waals surface area (Å²) in [5, 5.41) is 2.73. The largest absolute Gasteiger partial charge is 0.467 e. The van der Waals surface area contributed by atoms with Gasteiger partial charge in [-0.2, -0.15) is 0 Å². The predicted octanol–water partition coefficient (Wildman–Crippen LogP) is 3.02. The van der Waals surface area contributed by atoms with E-state index in [-0.39, 0.29) is 6.79 Å². The number of ether oxygens (including phenoxy) is 3. The van der Waals surface area contributed by atoms with Gasteiger partial charge in [0.2, 0.25) is 0 Å². The zero-order valence-corrected chi connectivity index (χ0v) is 12.9. The number of methoxy groups -OCH3 is 1. The third-order valence-electron chi connectivity index (χ3n) is 2.46. The van der Waals surface area contributed by atoms with Crippen molar-refractivity contribution in [2.24, 2.45) is 0 Å². The normalized spacial score (nSPS) is 14.3. The van der Waals surface area contributed by atoms with Gasteiger partial charge in [0.25, 0.3) is 0 Å². The molecule has 0 aliphatic carbocycles. The van der Waals surface area contributed by atoms with Gasteiger partial charge >= 0.3 is 6.09 Å². The SMILES string of the molecule is C=C[C@H](OCOC)[C@@H](NC(=O)OC(C)(C)C)c1ccco1. The molecule has 1 aromatic rings. The van der Waals surface area contributed by atoms with E-state index in [9.17, 15) is 4.79 Å². The van der Waals surface area contributed by atoms with Crippen LogP contribution in [0.5, 0.6) is 0 Å². The molecule has 0 spiro atoms. The maximum atomic E-state index is 12.0. The van der Waals surface area contributed by atoms with E-state index in [0.717, 1.165) is 0 Å². The van der Waals surface area contributed by atoms with Gasteiger partial charge in [0.15, 0.2) is 0 Å². The van der Waals surface area contributed by atoms with Crippen LogP contribution in [0.2, 0.25) is 0 Å². The van der Waals surface area contributed by atoms with Crippen LogP contribution in [0, 0.1) is 0 Å². The van der Waals surface area contributed by atoms with Crippen LogP contribution in [-0.2, 0) is 14.2 Å². The number of alkyl carbamates (subject to hydrolysis) is 1. The Morgan fingerprint density at radius 1 is 1.52 bits per heavy atom. The molecule has 118 valence electrons. The van der Waals surface area contributed by atoms with Gasteiger partial charge in [-0.15, -0.1) is 6.58 Å². The minimum absolute atomic E-state index is 0.0733. The van der Waals surface area contributed by atoms with Gasteiger partial charge in [-0.25, -0.2) is 4.79 Å².